The second-order valence-corrected chi connectivity index (χ2v) is 6.17. The highest BCUT2D eigenvalue weighted by Crippen LogP contribution is 2.28. The zero-order chi connectivity index (χ0) is 18.4. The molecule has 0 bridgehead atoms. The molecule has 0 radical (unpaired) electrons. The zero-order valence-corrected chi connectivity index (χ0v) is 13.6. The Balaban J connectivity index is 1.61. The third-order valence-corrected chi connectivity index (χ3v) is 4.37. The summed E-state index contributed by atoms with van der Waals surface area (Å²) in [5, 5.41) is 0. The Morgan fingerprint density at radius 2 is 1.04 bits per heavy atom. The van der Waals surface area contributed by atoms with Crippen molar-refractivity contribution >= 4 is 26.5 Å². The van der Waals surface area contributed by atoms with Crippen LogP contribution in [0.5, 0.6) is 11.5 Å². The highest BCUT2D eigenvalue weighted by atomic mass is 19.3. The SMILES string of the molecule is F[B-]1(F)Oc2ccccc2C=[N+]1CC[N+]1=Cc2ccccc2O[B-]1(F)F. The lowest BCUT2D eigenvalue weighted by Gasteiger charge is -2.30. The van der Waals surface area contributed by atoms with Crippen molar-refractivity contribution in [3.8, 4) is 11.5 Å². The van der Waals surface area contributed by atoms with Crippen LogP contribution >= 0.6 is 0 Å². The molecule has 0 aromatic heterocycles. The Kier molecular flexibility index (Phi) is 3.78. The average molecular weight is 364 g/mol. The number of nitrogens with zero attached hydrogens (tertiary/aromatic N) is 2. The quantitative estimate of drug-likeness (QED) is 0.618. The molecule has 0 unspecified atom stereocenters. The monoisotopic (exact) mass is 364 g/mol. The molecule has 0 aliphatic carbocycles. The summed E-state index contributed by atoms with van der Waals surface area (Å²) >= 11 is 0. The maximum absolute atomic E-state index is 14.2. The van der Waals surface area contributed by atoms with Gasteiger partial charge in [-0.25, -0.2) is 0 Å². The summed E-state index contributed by atoms with van der Waals surface area (Å²) < 4.78 is 67.8. The van der Waals surface area contributed by atoms with E-state index in [9.17, 15) is 17.3 Å². The van der Waals surface area contributed by atoms with Crippen molar-refractivity contribution in [2.24, 2.45) is 0 Å². The summed E-state index contributed by atoms with van der Waals surface area (Å²) in [6.07, 6.45) is 2.48. The minimum atomic E-state index is -4.34. The van der Waals surface area contributed by atoms with Gasteiger partial charge in [0, 0.05) is 0 Å². The molecular formula is C16H14B2F4N2O2. The van der Waals surface area contributed by atoms with E-state index in [1.165, 1.54) is 24.6 Å². The number of hydrogen-bond donors (Lipinski definition) is 0. The van der Waals surface area contributed by atoms with Gasteiger partial charge in [0.1, 0.15) is 12.4 Å². The third kappa shape index (κ3) is 2.95. The first-order valence-corrected chi connectivity index (χ1v) is 8.15. The number of halogens is 4. The lowest BCUT2D eigenvalue weighted by molar-refractivity contribution is -0.509. The van der Waals surface area contributed by atoms with Gasteiger partial charge in [0.25, 0.3) is 0 Å². The van der Waals surface area contributed by atoms with Gasteiger partial charge < -0.3 is 35.5 Å². The van der Waals surface area contributed by atoms with Crippen molar-refractivity contribution in [3.63, 3.8) is 0 Å². The summed E-state index contributed by atoms with van der Waals surface area (Å²) in [6, 6.07) is 12.7. The fourth-order valence-electron chi connectivity index (χ4n) is 3.02. The summed E-state index contributed by atoms with van der Waals surface area (Å²) in [5.74, 6) is 0.148. The molecule has 10 heteroatoms. The Labute approximate surface area is 147 Å². The second kappa shape index (κ2) is 5.89. The van der Waals surface area contributed by atoms with Crippen molar-refractivity contribution in [3.05, 3.63) is 59.7 Å². The molecule has 0 saturated carbocycles. The molecular weight excluding hydrogens is 350 g/mol. The predicted octanol–water partition coefficient (Wildman–Crippen LogP) is 2.78. The number of hydrogen-bond acceptors (Lipinski definition) is 2. The van der Waals surface area contributed by atoms with Gasteiger partial charge in [0.05, 0.1) is 22.6 Å². The van der Waals surface area contributed by atoms with Crippen LogP contribution < -0.4 is 9.31 Å². The van der Waals surface area contributed by atoms with Crippen LogP contribution in [-0.2, 0) is 0 Å². The van der Waals surface area contributed by atoms with Gasteiger partial charge in [-0.3, -0.25) is 0 Å². The molecule has 2 aromatic rings. The van der Waals surface area contributed by atoms with Crippen LogP contribution in [0.15, 0.2) is 48.5 Å². The van der Waals surface area contributed by atoms with Gasteiger partial charge in [-0.2, -0.15) is 0 Å². The zero-order valence-electron chi connectivity index (χ0n) is 13.6. The van der Waals surface area contributed by atoms with Crippen LogP contribution in [0.1, 0.15) is 11.1 Å². The molecule has 0 spiro atoms. The van der Waals surface area contributed by atoms with Crippen molar-refractivity contribution in [2.75, 3.05) is 13.1 Å². The second-order valence-electron chi connectivity index (χ2n) is 6.17. The van der Waals surface area contributed by atoms with Crippen LogP contribution in [-0.4, -0.2) is 48.6 Å². The molecule has 0 N–H and O–H groups in total. The van der Waals surface area contributed by atoms with Gasteiger partial charge in [-0.05, 0) is 24.3 Å². The largest absolute Gasteiger partial charge is 0.828 e. The molecule has 4 nitrogen and oxygen atoms in total. The first kappa shape index (κ1) is 16.7. The molecule has 2 aromatic carbocycles. The lowest BCUT2D eigenvalue weighted by Crippen LogP contribution is -2.54. The Hall–Kier alpha value is -2.77. The fraction of sp³-hybridized carbons (Fsp3) is 0.125. The van der Waals surface area contributed by atoms with Crippen molar-refractivity contribution in [1.29, 1.82) is 0 Å². The highest BCUT2D eigenvalue weighted by molar-refractivity contribution is 6.53. The first-order valence-electron chi connectivity index (χ1n) is 8.15. The predicted molar refractivity (Wildman–Crippen MR) is 90.7 cm³/mol. The normalized spacial score (nSPS) is 19.2. The van der Waals surface area contributed by atoms with E-state index < -0.39 is 14.1 Å². The Bertz CT molecular complexity index is 858. The molecule has 0 amide bonds. The molecule has 2 heterocycles. The van der Waals surface area contributed by atoms with E-state index in [0.717, 1.165) is 0 Å². The van der Waals surface area contributed by atoms with Crippen LogP contribution in [0.2, 0.25) is 0 Å². The Morgan fingerprint density at radius 3 is 1.46 bits per heavy atom. The number of fused-ring (bicyclic) bond motifs is 2. The van der Waals surface area contributed by atoms with E-state index >= 15 is 0 Å². The number of rotatable bonds is 3. The minimum Gasteiger partial charge on any atom is -0.599 e. The molecule has 4 rings (SSSR count). The third-order valence-electron chi connectivity index (χ3n) is 4.37. The minimum absolute atomic E-state index is 0.0742. The van der Waals surface area contributed by atoms with E-state index in [0.29, 0.717) is 20.1 Å². The Morgan fingerprint density at radius 1 is 0.654 bits per heavy atom. The topological polar surface area (TPSA) is 24.5 Å². The van der Waals surface area contributed by atoms with E-state index in [2.05, 4.69) is 0 Å². The number of para-hydroxylation sites is 2. The highest BCUT2D eigenvalue weighted by Gasteiger charge is 2.52. The molecule has 0 atom stereocenters. The lowest BCUT2D eigenvalue weighted by atomic mass is 9.97. The summed E-state index contributed by atoms with van der Waals surface area (Å²) in [6.45, 7) is -0.693. The number of benzene rings is 2. The van der Waals surface area contributed by atoms with Gasteiger partial charge >= 0.3 is 14.1 Å². The van der Waals surface area contributed by atoms with E-state index in [-0.39, 0.29) is 24.6 Å². The van der Waals surface area contributed by atoms with E-state index in [4.69, 9.17) is 9.31 Å². The van der Waals surface area contributed by atoms with Crippen molar-refractivity contribution < 1.29 is 35.5 Å². The maximum Gasteiger partial charge on any atom is 0.828 e. The average Bonchev–Trinajstić information content (AvgIpc) is 2.58. The smallest absolute Gasteiger partial charge is 0.599 e. The van der Waals surface area contributed by atoms with Crippen LogP contribution in [0.25, 0.3) is 0 Å². The van der Waals surface area contributed by atoms with Gasteiger partial charge in [0.2, 0.25) is 0 Å². The standard InChI is InChI=1S/C16H14B2F4N2O2/c19-17(20)23(11-13-5-1-3-7-15(13)25-17)9-10-24-12-14-6-2-4-8-16(14)26-18(24,21)22/h1-8,11-12H,9-10H2. The van der Waals surface area contributed by atoms with Gasteiger partial charge in [-0.1, -0.05) is 24.3 Å². The van der Waals surface area contributed by atoms with Gasteiger partial charge in [0.15, 0.2) is 13.1 Å². The molecule has 2 aliphatic rings. The maximum atomic E-state index is 14.2. The summed E-state index contributed by atoms with van der Waals surface area (Å²) in [4.78, 5) is 0. The summed E-state index contributed by atoms with van der Waals surface area (Å²) in [5.41, 5.74) is 0.948. The van der Waals surface area contributed by atoms with Crippen molar-refractivity contribution in [2.45, 2.75) is 0 Å². The van der Waals surface area contributed by atoms with Crippen molar-refractivity contribution in [1.82, 2.24) is 0 Å². The molecule has 26 heavy (non-hydrogen) atoms. The van der Waals surface area contributed by atoms with Gasteiger partial charge in [-0.15, -0.1) is 0 Å². The van der Waals surface area contributed by atoms with Crippen LogP contribution in [0.3, 0.4) is 0 Å². The first-order chi connectivity index (χ1) is 12.4. The van der Waals surface area contributed by atoms with E-state index in [1.54, 1.807) is 36.4 Å². The molecule has 0 saturated heterocycles. The van der Waals surface area contributed by atoms with Crippen LogP contribution in [0.4, 0.5) is 17.3 Å². The molecule has 134 valence electrons. The van der Waals surface area contributed by atoms with E-state index in [1.807, 2.05) is 0 Å². The molecule has 2 aliphatic heterocycles. The fourth-order valence-corrected chi connectivity index (χ4v) is 3.02. The molecule has 0 fully saturated rings. The van der Waals surface area contributed by atoms with Crippen LogP contribution in [0, 0.1) is 0 Å². The summed E-state index contributed by atoms with van der Waals surface area (Å²) in [7, 11) is -8.68.